The predicted molar refractivity (Wildman–Crippen MR) is 56.0 cm³/mol. The van der Waals surface area contributed by atoms with Crippen LogP contribution >= 0.6 is 0 Å². The first kappa shape index (κ1) is 9.81. The van der Waals surface area contributed by atoms with E-state index in [1.54, 1.807) is 7.11 Å². The Hall–Kier alpha value is -1.28. The van der Waals surface area contributed by atoms with E-state index in [0.717, 1.165) is 12.3 Å². The van der Waals surface area contributed by atoms with E-state index in [1.165, 1.54) is 5.56 Å². The maximum atomic E-state index is 5.06. The number of likely N-dealkylation sites (N-methyl/N-ethyl adjacent to an activating group) is 1. The summed E-state index contributed by atoms with van der Waals surface area (Å²) in [6, 6.07) is 7.98. The Labute approximate surface area is 79.2 Å². The largest absolute Gasteiger partial charge is 0.497 e. The predicted octanol–water partition coefficient (Wildman–Crippen LogP) is 1.93. The number of hydrogen-bond donors (Lipinski definition) is 1. The lowest BCUT2D eigenvalue weighted by atomic mass is 10.2. The van der Waals surface area contributed by atoms with E-state index in [9.17, 15) is 0 Å². The molecule has 0 aliphatic carbocycles. The first-order chi connectivity index (χ1) is 6.36. The van der Waals surface area contributed by atoms with E-state index in [2.05, 4.69) is 17.5 Å². The number of hydrogen-bond acceptors (Lipinski definition) is 2. The summed E-state index contributed by atoms with van der Waals surface area (Å²) >= 11 is 0. The normalized spacial score (nSPS) is 10.6. The molecule has 0 heterocycles. The van der Waals surface area contributed by atoms with Gasteiger partial charge in [-0.3, -0.25) is 0 Å². The van der Waals surface area contributed by atoms with E-state index in [0.29, 0.717) is 0 Å². The molecule has 1 aromatic carbocycles. The van der Waals surface area contributed by atoms with Crippen LogP contribution in [-0.2, 0) is 0 Å². The number of benzene rings is 1. The van der Waals surface area contributed by atoms with Crippen LogP contribution in [0, 0.1) is 0 Å². The lowest BCUT2D eigenvalue weighted by Crippen LogP contribution is -2.03. The second-order valence-electron chi connectivity index (χ2n) is 2.73. The van der Waals surface area contributed by atoms with Gasteiger partial charge in [0.1, 0.15) is 5.75 Å². The smallest absolute Gasteiger partial charge is 0.118 e. The Balaban J connectivity index is 2.58. The minimum Gasteiger partial charge on any atom is -0.497 e. The fourth-order valence-electron chi connectivity index (χ4n) is 1.03. The zero-order valence-electron chi connectivity index (χ0n) is 8.08. The fraction of sp³-hybridized carbons (Fsp3) is 0.273. The zero-order chi connectivity index (χ0) is 9.52. The van der Waals surface area contributed by atoms with Crippen LogP contribution in [0.4, 0.5) is 0 Å². The molecule has 0 bridgehead atoms. The fourth-order valence-corrected chi connectivity index (χ4v) is 1.03. The lowest BCUT2D eigenvalue weighted by Gasteiger charge is -1.98. The van der Waals surface area contributed by atoms with Gasteiger partial charge >= 0.3 is 0 Å². The number of methoxy groups -OCH3 is 1. The van der Waals surface area contributed by atoms with Crippen LogP contribution in [0.1, 0.15) is 5.56 Å². The summed E-state index contributed by atoms with van der Waals surface area (Å²) in [5.74, 6) is 0.894. The molecule has 2 heteroatoms. The summed E-state index contributed by atoms with van der Waals surface area (Å²) < 4.78 is 5.06. The number of ether oxygens (including phenoxy) is 1. The van der Waals surface area contributed by atoms with Crippen molar-refractivity contribution < 1.29 is 4.74 Å². The molecule has 0 atom stereocenters. The third-order valence-electron chi connectivity index (χ3n) is 1.75. The van der Waals surface area contributed by atoms with Crippen LogP contribution in [-0.4, -0.2) is 20.7 Å². The van der Waals surface area contributed by atoms with Gasteiger partial charge in [-0.05, 0) is 24.7 Å². The Morgan fingerprint density at radius 2 is 2.00 bits per heavy atom. The molecule has 2 nitrogen and oxygen atoms in total. The summed E-state index contributed by atoms with van der Waals surface area (Å²) in [6.07, 6.45) is 4.16. The summed E-state index contributed by atoms with van der Waals surface area (Å²) in [5.41, 5.74) is 1.19. The average Bonchev–Trinajstić information content (AvgIpc) is 2.19. The Bertz CT molecular complexity index is 264. The van der Waals surface area contributed by atoms with Crippen molar-refractivity contribution in [3.8, 4) is 5.75 Å². The second kappa shape index (κ2) is 5.38. The van der Waals surface area contributed by atoms with Gasteiger partial charge in [0.05, 0.1) is 7.11 Å². The van der Waals surface area contributed by atoms with Gasteiger partial charge in [-0.15, -0.1) is 0 Å². The Morgan fingerprint density at radius 1 is 1.31 bits per heavy atom. The van der Waals surface area contributed by atoms with Crippen molar-refractivity contribution in [1.82, 2.24) is 5.32 Å². The van der Waals surface area contributed by atoms with Gasteiger partial charge in [0, 0.05) is 6.54 Å². The molecule has 0 fully saturated rings. The summed E-state index contributed by atoms with van der Waals surface area (Å²) in [5, 5.41) is 3.05. The van der Waals surface area contributed by atoms with Crippen LogP contribution in [0.5, 0.6) is 5.75 Å². The second-order valence-corrected chi connectivity index (χ2v) is 2.73. The van der Waals surface area contributed by atoms with Crippen LogP contribution in [0.3, 0.4) is 0 Å². The van der Waals surface area contributed by atoms with Gasteiger partial charge in [-0.2, -0.15) is 0 Å². The molecule has 1 N–H and O–H groups in total. The third kappa shape index (κ3) is 3.30. The molecule has 0 aliphatic rings. The quantitative estimate of drug-likeness (QED) is 0.758. The standard InChI is InChI=1S/C11H15NO/c1-12-9-3-4-10-5-7-11(13-2)8-6-10/h3-8,12H,9H2,1-2H3. The highest BCUT2D eigenvalue weighted by molar-refractivity contribution is 5.50. The molecule has 0 amide bonds. The molecule has 0 aliphatic heterocycles. The molecule has 0 spiro atoms. The molecular formula is C11H15NO. The summed E-state index contributed by atoms with van der Waals surface area (Å²) in [6.45, 7) is 0.895. The maximum Gasteiger partial charge on any atom is 0.118 e. The molecule has 0 saturated heterocycles. The van der Waals surface area contributed by atoms with E-state index in [-0.39, 0.29) is 0 Å². The molecule has 1 aromatic rings. The number of rotatable bonds is 4. The molecule has 0 aromatic heterocycles. The van der Waals surface area contributed by atoms with Crippen LogP contribution < -0.4 is 10.1 Å². The molecule has 1 rings (SSSR count). The van der Waals surface area contributed by atoms with Crippen molar-refractivity contribution in [1.29, 1.82) is 0 Å². The minimum absolute atomic E-state index is 0.894. The average molecular weight is 177 g/mol. The van der Waals surface area contributed by atoms with Crippen molar-refractivity contribution in [2.75, 3.05) is 20.7 Å². The summed E-state index contributed by atoms with van der Waals surface area (Å²) in [4.78, 5) is 0. The molecule has 70 valence electrons. The van der Waals surface area contributed by atoms with E-state index in [4.69, 9.17) is 4.74 Å². The highest BCUT2D eigenvalue weighted by Gasteiger charge is 1.88. The van der Waals surface area contributed by atoms with E-state index >= 15 is 0 Å². The van der Waals surface area contributed by atoms with E-state index < -0.39 is 0 Å². The van der Waals surface area contributed by atoms with Gasteiger partial charge in [0.15, 0.2) is 0 Å². The van der Waals surface area contributed by atoms with Gasteiger partial charge in [0.2, 0.25) is 0 Å². The third-order valence-corrected chi connectivity index (χ3v) is 1.75. The van der Waals surface area contributed by atoms with Crippen LogP contribution in [0.15, 0.2) is 30.3 Å². The first-order valence-electron chi connectivity index (χ1n) is 4.32. The molecule has 13 heavy (non-hydrogen) atoms. The van der Waals surface area contributed by atoms with Gasteiger partial charge in [0.25, 0.3) is 0 Å². The first-order valence-corrected chi connectivity index (χ1v) is 4.32. The molecular weight excluding hydrogens is 162 g/mol. The van der Waals surface area contributed by atoms with Gasteiger partial charge in [-0.25, -0.2) is 0 Å². The van der Waals surface area contributed by atoms with Crippen LogP contribution in [0.25, 0.3) is 6.08 Å². The maximum absolute atomic E-state index is 5.06. The van der Waals surface area contributed by atoms with Crippen molar-refractivity contribution in [2.24, 2.45) is 0 Å². The summed E-state index contributed by atoms with van der Waals surface area (Å²) in [7, 11) is 3.60. The highest BCUT2D eigenvalue weighted by atomic mass is 16.5. The minimum atomic E-state index is 0.894. The SMILES string of the molecule is CNCC=Cc1ccc(OC)cc1. The Morgan fingerprint density at radius 3 is 2.54 bits per heavy atom. The van der Waals surface area contributed by atoms with Crippen molar-refractivity contribution in [2.45, 2.75) is 0 Å². The topological polar surface area (TPSA) is 21.3 Å². The number of nitrogens with one attached hydrogen (secondary N) is 1. The van der Waals surface area contributed by atoms with Crippen molar-refractivity contribution in [3.63, 3.8) is 0 Å². The molecule has 0 unspecified atom stereocenters. The lowest BCUT2D eigenvalue weighted by molar-refractivity contribution is 0.415. The molecule has 0 saturated carbocycles. The van der Waals surface area contributed by atoms with Gasteiger partial charge < -0.3 is 10.1 Å². The monoisotopic (exact) mass is 177 g/mol. The van der Waals surface area contributed by atoms with Crippen molar-refractivity contribution >= 4 is 6.08 Å². The molecule has 0 radical (unpaired) electrons. The van der Waals surface area contributed by atoms with Crippen molar-refractivity contribution in [3.05, 3.63) is 35.9 Å². The Kier molecular flexibility index (Phi) is 4.06. The highest BCUT2D eigenvalue weighted by Crippen LogP contribution is 2.11. The van der Waals surface area contributed by atoms with Crippen LogP contribution in [0.2, 0.25) is 0 Å². The zero-order valence-corrected chi connectivity index (χ0v) is 8.08. The van der Waals surface area contributed by atoms with E-state index in [1.807, 2.05) is 31.3 Å². The van der Waals surface area contributed by atoms with Gasteiger partial charge in [-0.1, -0.05) is 24.3 Å².